The van der Waals surface area contributed by atoms with Gasteiger partial charge in [-0.1, -0.05) is 6.07 Å². The number of pyridine rings is 1. The molecule has 2 aromatic heterocycles. The number of carbonyl (C=O) groups is 1. The zero-order valence-electron chi connectivity index (χ0n) is 12.7. The summed E-state index contributed by atoms with van der Waals surface area (Å²) in [4.78, 5) is 14.9. The van der Waals surface area contributed by atoms with E-state index in [1.807, 2.05) is 26.1 Å². The van der Waals surface area contributed by atoms with E-state index in [0.29, 0.717) is 6.42 Å². The Hall–Kier alpha value is -2.62. The van der Waals surface area contributed by atoms with Crippen LogP contribution in [0.5, 0.6) is 0 Å². The smallest absolute Gasteiger partial charge is 0.303 e. The van der Waals surface area contributed by atoms with Crippen molar-refractivity contribution in [3.8, 4) is 11.1 Å². The van der Waals surface area contributed by atoms with Crippen molar-refractivity contribution in [1.29, 1.82) is 0 Å². The van der Waals surface area contributed by atoms with Crippen LogP contribution in [0.25, 0.3) is 22.0 Å². The van der Waals surface area contributed by atoms with E-state index in [9.17, 15) is 4.79 Å². The van der Waals surface area contributed by atoms with Gasteiger partial charge in [-0.3, -0.25) is 9.78 Å². The highest BCUT2D eigenvalue weighted by molar-refractivity contribution is 5.90. The SMILES string of the molecule is Cc1c(CCC(=O)O)c2cc(-c3ccncc3)ccc2n1C. The fourth-order valence-electron chi connectivity index (χ4n) is 2.92. The van der Waals surface area contributed by atoms with Crippen molar-refractivity contribution >= 4 is 16.9 Å². The van der Waals surface area contributed by atoms with Gasteiger partial charge in [0, 0.05) is 42.5 Å². The first-order valence-electron chi connectivity index (χ1n) is 7.28. The van der Waals surface area contributed by atoms with Crippen molar-refractivity contribution in [2.24, 2.45) is 7.05 Å². The molecule has 0 aliphatic heterocycles. The molecule has 0 atom stereocenters. The van der Waals surface area contributed by atoms with Crippen LogP contribution in [0, 0.1) is 6.92 Å². The number of benzene rings is 1. The molecule has 0 radical (unpaired) electrons. The fraction of sp³-hybridized carbons (Fsp3) is 0.222. The van der Waals surface area contributed by atoms with Crippen LogP contribution >= 0.6 is 0 Å². The third kappa shape index (κ3) is 2.48. The van der Waals surface area contributed by atoms with Crippen LogP contribution < -0.4 is 0 Å². The molecule has 0 bridgehead atoms. The van der Waals surface area contributed by atoms with E-state index in [0.717, 1.165) is 33.3 Å². The van der Waals surface area contributed by atoms with Gasteiger partial charge in [-0.2, -0.15) is 0 Å². The Bertz CT molecular complexity index is 835. The van der Waals surface area contributed by atoms with Gasteiger partial charge in [0.15, 0.2) is 0 Å². The first kappa shape index (κ1) is 14.3. The lowest BCUT2D eigenvalue weighted by atomic mass is 10.0. The highest BCUT2D eigenvalue weighted by Crippen LogP contribution is 2.30. The van der Waals surface area contributed by atoms with Gasteiger partial charge in [-0.25, -0.2) is 0 Å². The minimum atomic E-state index is -0.762. The van der Waals surface area contributed by atoms with Crippen molar-refractivity contribution in [1.82, 2.24) is 9.55 Å². The lowest BCUT2D eigenvalue weighted by Gasteiger charge is -2.03. The minimum Gasteiger partial charge on any atom is -0.481 e. The average molecular weight is 294 g/mol. The number of fused-ring (bicyclic) bond motifs is 1. The van der Waals surface area contributed by atoms with Crippen molar-refractivity contribution in [3.05, 3.63) is 54.0 Å². The maximum Gasteiger partial charge on any atom is 0.303 e. The van der Waals surface area contributed by atoms with E-state index in [4.69, 9.17) is 5.11 Å². The number of nitrogens with zero attached hydrogens (tertiary/aromatic N) is 2. The van der Waals surface area contributed by atoms with Crippen LogP contribution in [0.15, 0.2) is 42.7 Å². The van der Waals surface area contributed by atoms with Gasteiger partial charge in [0.1, 0.15) is 0 Å². The molecular weight excluding hydrogens is 276 g/mol. The van der Waals surface area contributed by atoms with Gasteiger partial charge in [0.25, 0.3) is 0 Å². The van der Waals surface area contributed by atoms with Gasteiger partial charge in [0.2, 0.25) is 0 Å². The number of aryl methyl sites for hydroxylation is 2. The molecule has 1 N–H and O–H groups in total. The second kappa shape index (κ2) is 5.64. The summed E-state index contributed by atoms with van der Waals surface area (Å²) in [6.45, 7) is 2.04. The summed E-state index contributed by atoms with van der Waals surface area (Å²) >= 11 is 0. The highest BCUT2D eigenvalue weighted by atomic mass is 16.4. The molecule has 0 amide bonds. The zero-order chi connectivity index (χ0) is 15.7. The number of aromatic nitrogens is 2. The highest BCUT2D eigenvalue weighted by Gasteiger charge is 2.14. The molecule has 0 spiro atoms. The van der Waals surface area contributed by atoms with Crippen LogP contribution in [-0.4, -0.2) is 20.6 Å². The van der Waals surface area contributed by atoms with Crippen LogP contribution in [-0.2, 0) is 18.3 Å². The summed E-state index contributed by atoms with van der Waals surface area (Å²) in [6.07, 6.45) is 4.26. The van der Waals surface area contributed by atoms with Crippen LogP contribution in [0.1, 0.15) is 17.7 Å². The summed E-state index contributed by atoms with van der Waals surface area (Å²) in [6, 6.07) is 10.3. The van der Waals surface area contributed by atoms with E-state index in [2.05, 4.69) is 27.8 Å². The molecule has 0 aliphatic carbocycles. The molecule has 3 aromatic rings. The molecule has 0 unspecified atom stereocenters. The molecule has 4 heteroatoms. The Morgan fingerprint density at radius 3 is 2.59 bits per heavy atom. The number of rotatable bonds is 4. The molecule has 22 heavy (non-hydrogen) atoms. The Morgan fingerprint density at radius 1 is 1.18 bits per heavy atom. The molecule has 112 valence electrons. The van der Waals surface area contributed by atoms with E-state index in [1.54, 1.807) is 12.4 Å². The van der Waals surface area contributed by atoms with Crippen molar-refractivity contribution in [2.45, 2.75) is 19.8 Å². The first-order valence-corrected chi connectivity index (χ1v) is 7.28. The predicted octanol–water partition coefficient (Wildman–Crippen LogP) is 3.57. The molecule has 1 aromatic carbocycles. The average Bonchev–Trinajstić information content (AvgIpc) is 2.77. The Balaban J connectivity index is 2.13. The summed E-state index contributed by atoms with van der Waals surface area (Å²) in [5, 5.41) is 10.1. The molecule has 2 heterocycles. The molecule has 0 saturated heterocycles. The van der Waals surface area contributed by atoms with E-state index in [1.165, 1.54) is 0 Å². The van der Waals surface area contributed by atoms with Crippen LogP contribution in [0.3, 0.4) is 0 Å². The Labute approximate surface area is 129 Å². The van der Waals surface area contributed by atoms with Gasteiger partial charge < -0.3 is 9.67 Å². The molecule has 0 aliphatic rings. The number of carboxylic acid groups (broad SMARTS) is 1. The maximum absolute atomic E-state index is 10.9. The summed E-state index contributed by atoms with van der Waals surface area (Å²) in [5.41, 5.74) is 5.62. The number of aliphatic carboxylic acids is 1. The predicted molar refractivity (Wildman–Crippen MR) is 86.8 cm³/mol. The second-order valence-corrected chi connectivity index (χ2v) is 5.48. The third-order valence-corrected chi connectivity index (χ3v) is 4.23. The number of hydrogen-bond acceptors (Lipinski definition) is 2. The topological polar surface area (TPSA) is 55.1 Å². The van der Waals surface area contributed by atoms with Gasteiger partial charge in [-0.05, 0) is 54.3 Å². The lowest BCUT2D eigenvalue weighted by Crippen LogP contribution is -1.99. The molecule has 4 nitrogen and oxygen atoms in total. The number of hydrogen-bond donors (Lipinski definition) is 1. The maximum atomic E-state index is 10.9. The molecular formula is C18H18N2O2. The molecule has 0 saturated carbocycles. The molecule has 0 fully saturated rings. The van der Waals surface area contributed by atoms with Gasteiger partial charge in [0.05, 0.1) is 0 Å². The normalized spacial score (nSPS) is 11.0. The van der Waals surface area contributed by atoms with Crippen molar-refractivity contribution < 1.29 is 9.90 Å². The fourth-order valence-corrected chi connectivity index (χ4v) is 2.92. The van der Waals surface area contributed by atoms with E-state index < -0.39 is 5.97 Å². The Morgan fingerprint density at radius 2 is 1.91 bits per heavy atom. The zero-order valence-corrected chi connectivity index (χ0v) is 12.7. The molecule has 3 rings (SSSR count). The van der Waals surface area contributed by atoms with Gasteiger partial charge in [-0.15, -0.1) is 0 Å². The summed E-state index contributed by atoms with van der Waals surface area (Å²) in [5.74, 6) is -0.762. The Kier molecular flexibility index (Phi) is 3.67. The monoisotopic (exact) mass is 294 g/mol. The standard InChI is InChI=1S/C18H18N2O2/c1-12-15(4-6-18(21)22)16-11-14(3-5-17(16)20(12)2)13-7-9-19-10-8-13/h3,5,7-11H,4,6H2,1-2H3,(H,21,22). The first-order chi connectivity index (χ1) is 10.6. The quantitative estimate of drug-likeness (QED) is 0.800. The van der Waals surface area contributed by atoms with E-state index in [-0.39, 0.29) is 6.42 Å². The third-order valence-electron chi connectivity index (χ3n) is 4.23. The number of carboxylic acids is 1. The van der Waals surface area contributed by atoms with Crippen LogP contribution in [0.2, 0.25) is 0 Å². The van der Waals surface area contributed by atoms with Crippen LogP contribution in [0.4, 0.5) is 0 Å². The largest absolute Gasteiger partial charge is 0.481 e. The van der Waals surface area contributed by atoms with Gasteiger partial charge >= 0.3 is 5.97 Å². The summed E-state index contributed by atoms with van der Waals surface area (Å²) in [7, 11) is 2.02. The lowest BCUT2D eigenvalue weighted by molar-refractivity contribution is -0.136. The minimum absolute atomic E-state index is 0.152. The van der Waals surface area contributed by atoms with E-state index >= 15 is 0 Å². The summed E-state index contributed by atoms with van der Waals surface area (Å²) < 4.78 is 2.13. The van der Waals surface area contributed by atoms with Crippen molar-refractivity contribution in [3.63, 3.8) is 0 Å². The van der Waals surface area contributed by atoms with Crippen molar-refractivity contribution in [2.75, 3.05) is 0 Å². The second-order valence-electron chi connectivity index (χ2n) is 5.48.